The summed E-state index contributed by atoms with van der Waals surface area (Å²) in [4.78, 5) is 8.52. The predicted octanol–water partition coefficient (Wildman–Crippen LogP) is 4.22. The molecule has 2 rings (SSSR count). The van der Waals surface area contributed by atoms with Crippen molar-refractivity contribution in [1.29, 1.82) is 0 Å². The Hall–Kier alpha value is -1.14. The van der Waals surface area contributed by atoms with Crippen molar-refractivity contribution < 1.29 is 0 Å². The molecule has 1 heterocycles. The van der Waals surface area contributed by atoms with E-state index in [2.05, 4.69) is 71.5 Å². The van der Waals surface area contributed by atoms with Crippen LogP contribution in [-0.2, 0) is 0 Å². The zero-order chi connectivity index (χ0) is 13.8. The number of benzene rings is 1. The second kappa shape index (κ2) is 6.34. The topological polar surface area (TPSA) is 49.8 Å². The van der Waals surface area contributed by atoms with Gasteiger partial charge in [-0.1, -0.05) is 28.1 Å². The molecule has 0 saturated carbocycles. The Balaban J connectivity index is 2.18. The van der Waals surface area contributed by atoms with Crippen molar-refractivity contribution >= 4 is 43.6 Å². The van der Waals surface area contributed by atoms with Gasteiger partial charge in [0.15, 0.2) is 0 Å². The van der Waals surface area contributed by atoms with Gasteiger partial charge >= 0.3 is 0 Å². The SMILES string of the molecule is CNc1ncc(Br)c(NC(C)c2ccc(Br)cc2)n1. The van der Waals surface area contributed by atoms with Crippen LogP contribution >= 0.6 is 31.9 Å². The predicted molar refractivity (Wildman–Crippen MR) is 85.5 cm³/mol. The van der Waals surface area contributed by atoms with Crippen LogP contribution in [0.15, 0.2) is 39.4 Å². The maximum atomic E-state index is 4.38. The molecule has 0 radical (unpaired) electrons. The van der Waals surface area contributed by atoms with Crippen LogP contribution < -0.4 is 10.6 Å². The molecule has 0 bridgehead atoms. The van der Waals surface area contributed by atoms with Gasteiger partial charge in [0.2, 0.25) is 5.95 Å². The van der Waals surface area contributed by atoms with E-state index >= 15 is 0 Å². The van der Waals surface area contributed by atoms with Gasteiger partial charge in [-0.05, 0) is 40.5 Å². The Morgan fingerprint density at radius 2 is 1.84 bits per heavy atom. The van der Waals surface area contributed by atoms with E-state index < -0.39 is 0 Å². The normalized spacial score (nSPS) is 12.0. The molecule has 1 aromatic carbocycles. The van der Waals surface area contributed by atoms with Crippen molar-refractivity contribution in [3.63, 3.8) is 0 Å². The maximum Gasteiger partial charge on any atom is 0.224 e. The standard InChI is InChI=1S/C13H14Br2N4/c1-8(9-3-5-10(14)6-4-9)18-12-11(15)7-17-13(16-2)19-12/h3-8H,1-2H3,(H2,16,17,18,19). The minimum Gasteiger partial charge on any atom is -0.362 e. The van der Waals surface area contributed by atoms with Crippen LogP contribution in [0.4, 0.5) is 11.8 Å². The Labute approximate surface area is 129 Å². The molecule has 19 heavy (non-hydrogen) atoms. The molecule has 2 aromatic rings. The van der Waals surface area contributed by atoms with E-state index in [4.69, 9.17) is 0 Å². The molecule has 0 aliphatic carbocycles. The lowest BCUT2D eigenvalue weighted by atomic mass is 10.1. The number of halogens is 2. The lowest BCUT2D eigenvalue weighted by Crippen LogP contribution is -2.10. The molecule has 4 nitrogen and oxygen atoms in total. The first-order chi connectivity index (χ1) is 9.10. The van der Waals surface area contributed by atoms with Crippen molar-refractivity contribution in [1.82, 2.24) is 9.97 Å². The van der Waals surface area contributed by atoms with E-state index in [1.165, 1.54) is 5.56 Å². The Kier molecular flexibility index (Phi) is 4.76. The summed E-state index contributed by atoms with van der Waals surface area (Å²) in [6.07, 6.45) is 1.73. The molecule has 1 unspecified atom stereocenters. The van der Waals surface area contributed by atoms with Gasteiger partial charge < -0.3 is 10.6 Å². The Morgan fingerprint density at radius 1 is 1.16 bits per heavy atom. The van der Waals surface area contributed by atoms with Crippen LogP contribution in [0.3, 0.4) is 0 Å². The highest BCUT2D eigenvalue weighted by Gasteiger charge is 2.09. The summed E-state index contributed by atoms with van der Waals surface area (Å²) >= 11 is 6.88. The zero-order valence-corrected chi connectivity index (χ0v) is 13.8. The van der Waals surface area contributed by atoms with Crippen LogP contribution in [0.25, 0.3) is 0 Å². The number of anilines is 2. The number of nitrogens with zero attached hydrogens (tertiary/aromatic N) is 2. The third kappa shape index (κ3) is 3.67. The van der Waals surface area contributed by atoms with E-state index in [9.17, 15) is 0 Å². The van der Waals surface area contributed by atoms with E-state index in [1.54, 1.807) is 13.2 Å². The van der Waals surface area contributed by atoms with Gasteiger partial charge in [-0.2, -0.15) is 4.98 Å². The summed E-state index contributed by atoms with van der Waals surface area (Å²) in [5.74, 6) is 1.36. The van der Waals surface area contributed by atoms with Gasteiger partial charge in [-0.3, -0.25) is 0 Å². The summed E-state index contributed by atoms with van der Waals surface area (Å²) < 4.78 is 1.92. The third-order valence-corrected chi connectivity index (χ3v) is 3.80. The average molecular weight is 386 g/mol. The highest BCUT2D eigenvalue weighted by molar-refractivity contribution is 9.10. The number of hydrogen-bond acceptors (Lipinski definition) is 4. The minimum absolute atomic E-state index is 0.156. The highest BCUT2D eigenvalue weighted by Crippen LogP contribution is 2.25. The molecule has 2 N–H and O–H groups in total. The highest BCUT2D eigenvalue weighted by atomic mass is 79.9. The fourth-order valence-corrected chi connectivity index (χ4v) is 2.20. The smallest absolute Gasteiger partial charge is 0.224 e. The molecule has 0 aliphatic heterocycles. The van der Waals surface area contributed by atoms with Crippen LogP contribution in [0.5, 0.6) is 0 Å². The van der Waals surface area contributed by atoms with Crippen molar-refractivity contribution in [3.8, 4) is 0 Å². The fourth-order valence-electron chi connectivity index (χ4n) is 1.63. The van der Waals surface area contributed by atoms with E-state index in [-0.39, 0.29) is 6.04 Å². The summed E-state index contributed by atoms with van der Waals surface area (Å²) in [6.45, 7) is 2.09. The van der Waals surface area contributed by atoms with Gasteiger partial charge in [0.05, 0.1) is 4.47 Å². The Bertz CT molecular complexity index is 557. The molecular weight excluding hydrogens is 372 g/mol. The number of aromatic nitrogens is 2. The van der Waals surface area contributed by atoms with Crippen molar-refractivity contribution in [3.05, 3.63) is 45.0 Å². The summed E-state index contributed by atoms with van der Waals surface area (Å²) in [5.41, 5.74) is 1.19. The largest absolute Gasteiger partial charge is 0.362 e. The van der Waals surface area contributed by atoms with Crippen molar-refractivity contribution in [2.45, 2.75) is 13.0 Å². The number of nitrogens with one attached hydrogen (secondary N) is 2. The Morgan fingerprint density at radius 3 is 2.47 bits per heavy atom. The average Bonchev–Trinajstić information content (AvgIpc) is 2.42. The van der Waals surface area contributed by atoms with Gasteiger partial charge in [0.25, 0.3) is 0 Å². The molecule has 0 fully saturated rings. The molecule has 0 saturated heterocycles. The molecule has 0 aliphatic rings. The van der Waals surface area contributed by atoms with Crippen LogP contribution in [0, 0.1) is 0 Å². The van der Waals surface area contributed by atoms with Crippen LogP contribution in [-0.4, -0.2) is 17.0 Å². The van der Waals surface area contributed by atoms with E-state index in [1.807, 2.05) is 12.1 Å². The first-order valence-electron chi connectivity index (χ1n) is 5.82. The van der Waals surface area contributed by atoms with Gasteiger partial charge in [0, 0.05) is 23.8 Å². The maximum absolute atomic E-state index is 4.38. The second-order valence-corrected chi connectivity index (χ2v) is 5.83. The molecule has 100 valence electrons. The third-order valence-electron chi connectivity index (χ3n) is 2.69. The molecule has 1 aromatic heterocycles. The van der Waals surface area contributed by atoms with Crippen LogP contribution in [0.1, 0.15) is 18.5 Å². The van der Waals surface area contributed by atoms with Gasteiger partial charge in [-0.15, -0.1) is 0 Å². The summed E-state index contributed by atoms with van der Waals surface area (Å²) in [5, 5.41) is 6.29. The van der Waals surface area contributed by atoms with E-state index in [0.717, 1.165) is 14.8 Å². The monoisotopic (exact) mass is 384 g/mol. The lowest BCUT2D eigenvalue weighted by Gasteiger charge is -2.16. The second-order valence-electron chi connectivity index (χ2n) is 4.06. The minimum atomic E-state index is 0.156. The fraction of sp³-hybridized carbons (Fsp3) is 0.231. The number of rotatable bonds is 4. The van der Waals surface area contributed by atoms with Crippen molar-refractivity contribution in [2.24, 2.45) is 0 Å². The van der Waals surface area contributed by atoms with Crippen molar-refractivity contribution in [2.75, 3.05) is 17.7 Å². The van der Waals surface area contributed by atoms with Crippen LogP contribution in [0.2, 0.25) is 0 Å². The van der Waals surface area contributed by atoms with E-state index in [0.29, 0.717) is 5.95 Å². The quantitative estimate of drug-likeness (QED) is 0.827. The molecule has 0 amide bonds. The summed E-state index contributed by atoms with van der Waals surface area (Å²) in [7, 11) is 1.80. The van der Waals surface area contributed by atoms with Gasteiger partial charge in [-0.25, -0.2) is 4.98 Å². The van der Waals surface area contributed by atoms with Gasteiger partial charge in [0.1, 0.15) is 5.82 Å². The summed E-state index contributed by atoms with van der Waals surface area (Å²) in [6, 6.07) is 8.37. The zero-order valence-electron chi connectivity index (χ0n) is 10.6. The molecule has 1 atom stereocenters. The molecule has 6 heteroatoms. The lowest BCUT2D eigenvalue weighted by molar-refractivity contribution is 0.870. The molecule has 0 spiro atoms. The first kappa shape index (κ1) is 14.3. The first-order valence-corrected chi connectivity index (χ1v) is 7.41. The number of hydrogen-bond donors (Lipinski definition) is 2. The molecular formula is C13H14Br2N4.